The van der Waals surface area contributed by atoms with E-state index in [1.807, 2.05) is 0 Å². The van der Waals surface area contributed by atoms with Crippen molar-refractivity contribution in [2.75, 3.05) is 5.73 Å². The summed E-state index contributed by atoms with van der Waals surface area (Å²) in [7, 11) is -3.76. The zero-order valence-corrected chi connectivity index (χ0v) is 9.78. The first-order chi connectivity index (χ1) is 7.50. The van der Waals surface area contributed by atoms with E-state index in [9.17, 15) is 8.42 Å². The molecule has 1 heterocycles. The Labute approximate surface area is 94.7 Å². The standard InChI is InChI=1S/C9H16N4O2S/c10-9-8(16(11,14)15)6-12-13(9)7-4-2-1-3-5-7/h6-7H,1-5,10H2,(H2,11,14,15). The van der Waals surface area contributed by atoms with Crippen LogP contribution in [-0.2, 0) is 10.0 Å². The highest BCUT2D eigenvalue weighted by molar-refractivity contribution is 7.89. The Kier molecular flexibility index (Phi) is 2.90. The largest absolute Gasteiger partial charge is 0.383 e. The third kappa shape index (κ3) is 2.05. The Morgan fingerprint density at radius 1 is 1.31 bits per heavy atom. The summed E-state index contributed by atoms with van der Waals surface area (Å²) < 4.78 is 24.0. The van der Waals surface area contributed by atoms with Gasteiger partial charge >= 0.3 is 0 Å². The first kappa shape index (κ1) is 11.4. The maximum atomic E-state index is 11.2. The topological polar surface area (TPSA) is 104 Å². The van der Waals surface area contributed by atoms with E-state index in [0.29, 0.717) is 0 Å². The van der Waals surface area contributed by atoms with Crippen LogP contribution in [0, 0.1) is 0 Å². The molecule has 0 saturated heterocycles. The van der Waals surface area contributed by atoms with E-state index in [2.05, 4.69) is 5.10 Å². The fourth-order valence-corrected chi connectivity index (χ4v) is 2.77. The van der Waals surface area contributed by atoms with E-state index in [1.165, 1.54) is 12.6 Å². The van der Waals surface area contributed by atoms with Gasteiger partial charge in [0.15, 0.2) is 0 Å². The summed E-state index contributed by atoms with van der Waals surface area (Å²) in [6.45, 7) is 0. The molecule has 0 aromatic carbocycles. The van der Waals surface area contributed by atoms with Gasteiger partial charge in [-0.15, -0.1) is 0 Å². The number of nitrogens with two attached hydrogens (primary N) is 2. The molecule has 1 aromatic rings. The zero-order valence-electron chi connectivity index (χ0n) is 8.96. The summed E-state index contributed by atoms with van der Waals surface area (Å²) in [5.74, 6) is 0.161. The summed E-state index contributed by atoms with van der Waals surface area (Å²) in [6.07, 6.45) is 6.72. The lowest BCUT2D eigenvalue weighted by atomic mass is 9.96. The number of nitrogen functional groups attached to an aromatic ring is 1. The molecule has 0 amide bonds. The number of primary sulfonamides is 1. The van der Waals surface area contributed by atoms with Crippen molar-refractivity contribution < 1.29 is 8.42 Å². The number of aromatic nitrogens is 2. The molecule has 16 heavy (non-hydrogen) atoms. The Hall–Kier alpha value is -1.08. The minimum absolute atomic E-state index is 0.0712. The Morgan fingerprint density at radius 2 is 1.94 bits per heavy atom. The monoisotopic (exact) mass is 244 g/mol. The van der Waals surface area contributed by atoms with Gasteiger partial charge in [-0.25, -0.2) is 18.2 Å². The van der Waals surface area contributed by atoms with Gasteiger partial charge in [-0.1, -0.05) is 19.3 Å². The van der Waals surface area contributed by atoms with E-state index in [4.69, 9.17) is 10.9 Å². The highest BCUT2D eigenvalue weighted by Gasteiger charge is 2.23. The summed E-state index contributed by atoms with van der Waals surface area (Å²) in [5, 5.41) is 9.08. The van der Waals surface area contributed by atoms with Crippen LogP contribution >= 0.6 is 0 Å². The van der Waals surface area contributed by atoms with Crippen molar-refractivity contribution in [1.82, 2.24) is 9.78 Å². The smallest absolute Gasteiger partial charge is 0.243 e. The van der Waals surface area contributed by atoms with E-state index in [1.54, 1.807) is 4.68 Å². The van der Waals surface area contributed by atoms with Crippen LogP contribution in [0.4, 0.5) is 5.82 Å². The minimum atomic E-state index is -3.76. The lowest BCUT2D eigenvalue weighted by Crippen LogP contribution is -2.18. The van der Waals surface area contributed by atoms with Crippen LogP contribution < -0.4 is 10.9 Å². The van der Waals surface area contributed by atoms with Gasteiger partial charge in [0.25, 0.3) is 0 Å². The Morgan fingerprint density at radius 3 is 2.44 bits per heavy atom. The SMILES string of the molecule is Nc1c(S(N)(=O)=O)cnn1C1CCCCC1. The van der Waals surface area contributed by atoms with Crippen LogP contribution in [0.1, 0.15) is 38.1 Å². The van der Waals surface area contributed by atoms with E-state index in [-0.39, 0.29) is 16.8 Å². The van der Waals surface area contributed by atoms with Crippen molar-refractivity contribution >= 4 is 15.8 Å². The van der Waals surface area contributed by atoms with Gasteiger partial charge in [0.2, 0.25) is 10.0 Å². The van der Waals surface area contributed by atoms with Gasteiger partial charge in [-0.2, -0.15) is 5.10 Å². The summed E-state index contributed by atoms with van der Waals surface area (Å²) in [4.78, 5) is -0.0712. The fourth-order valence-electron chi connectivity index (χ4n) is 2.19. The van der Waals surface area contributed by atoms with Gasteiger partial charge in [0.05, 0.1) is 12.2 Å². The summed E-state index contributed by atoms with van der Waals surface area (Å²) in [5.41, 5.74) is 5.76. The zero-order chi connectivity index (χ0) is 11.8. The molecule has 0 atom stereocenters. The van der Waals surface area contributed by atoms with Gasteiger partial charge in [0, 0.05) is 0 Å². The number of sulfonamides is 1. The van der Waals surface area contributed by atoms with Gasteiger partial charge in [0.1, 0.15) is 10.7 Å². The van der Waals surface area contributed by atoms with Crippen molar-refractivity contribution in [2.45, 2.75) is 43.0 Å². The highest BCUT2D eigenvalue weighted by atomic mass is 32.2. The van der Waals surface area contributed by atoms with Crippen LogP contribution in [0.15, 0.2) is 11.1 Å². The van der Waals surface area contributed by atoms with Crippen molar-refractivity contribution in [1.29, 1.82) is 0 Å². The van der Waals surface area contributed by atoms with Gasteiger partial charge in [-0.05, 0) is 12.8 Å². The molecule has 1 aliphatic rings. The van der Waals surface area contributed by atoms with Crippen molar-refractivity contribution in [3.63, 3.8) is 0 Å². The lowest BCUT2D eigenvalue weighted by molar-refractivity contribution is 0.333. The van der Waals surface area contributed by atoms with Crippen molar-refractivity contribution in [3.8, 4) is 0 Å². The maximum absolute atomic E-state index is 11.2. The molecule has 6 nitrogen and oxygen atoms in total. The first-order valence-electron chi connectivity index (χ1n) is 5.36. The third-order valence-electron chi connectivity index (χ3n) is 3.03. The van der Waals surface area contributed by atoms with Crippen LogP contribution in [0.25, 0.3) is 0 Å². The number of anilines is 1. The normalized spacial score (nSPS) is 18.8. The van der Waals surface area contributed by atoms with Crippen LogP contribution in [0.5, 0.6) is 0 Å². The average molecular weight is 244 g/mol. The number of hydrogen-bond donors (Lipinski definition) is 2. The molecule has 0 bridgehead atoms. The number of rotatable bonds is 2. The minimum Gasteiger partial charge on any atom is -0.383 e. The molecule has 0 spiro atoms. The molecule has 0 unspecified atom stereocenters. The molecule has 1 aromatic heterocycles. The summed E-state index contributed by atoms with van der Waals surface area (Å²) in [6, 6.07) is 0.212. The quantitative estimate of drug-likeness (QED) is 0.795. The molecule has 4 N–H and O–H groups in total. The Bertz CT molecular complexity index is 474. The summed E-state index contributed by atoms with van der Waals surface area (Å²) >= 11 is 0. The average Bonchev–Trinajstić information content (AvgIpc) is 2.61. The van der Waals surface area contributed by atoms with Gasteiger partial charge < -0.3 is 5.73 Å². The molecule has 0 aliphatic heterocycles. The van der Waals surface area contributed by atoms with Crippen molar-refractivity contribution in [3.05, 3.63) is 6.20 Å². The van der Waals surface area contributed by atoms with E-state index < -0.39 is 10.0 Å². The van der Waals surface area contributed by atoms with Crippen molar-refractivity contribution in [2.24, 2.45) is 5.14 Å². The molecule has 0 radical (unpaired) electrons. The second kappa shape index (κ2) is 4.06. The Balaban J connectivity index is 2.33. The molecule has 1 fully saturated rings. The fraction of sp³-hybridized carbons (Fsp3) is 0.667. The van der Waals surface area contributed by atoms with Crippen LogP contribution in [0.3, 0.4) is 0 Å². The predicted octanol–water partition coefficient (Wildman–Crippen LogP) is 0.618. The molecular weight excluding hydrogens is 228 g/mol. The molecule has 1 aliphatic carbocycles. The van der Waals surface area contributed by atoms with Gasteiger partial charge in [-0.3, -0.25) is 0 Å². The molecule has 7 heteroatoms. The second-order valence-corrected chi connectivity index (χ2v) is 5.71. The highest BCUT2D eigenvalue weighted by Crippen LogP contribution is 2.31. The first-order valence-corrected chi connectivity index (χ1v) is 6.90. The van der Waals surface area contributed by atoms with Crippen LogP contribution in [-0.4, -0.2) is 18.2 Å². The number of hydrogen-bond acceptors (Lipinski definition) is 4. The van der Waals surface area contributed by atoms with Crippen LogP contribution in [0.2, 0.25) is 0 Å². The molecule has 1 saturated carbocycles. The molecule has 90 valence electrons. The van der Waals surface area contributed by atoms with E-state index in [0.717, 1.165) is 25.7 Å². The molecule has 2 rings (SSSR count). The maximum Gasteiger partial charge on any atom is 0.243 e. The predicted molar refractivity (Wildman–Crippen MR) is 60.1 cm³/mol. The number of nitrogens with zero attached hydrogens (tertiary/aromatic N) is 2. The second-order valence-electron chi connectivity index (χ2n) is 4.18. The lowest BCUT2D eigenvalue weighted by Gasteiger charge is -2.22. The third-order valence-corrected chi connectivity index (χ3v) is 3.95. The van der Waals surface area contributed by atoms with E-state index >= 15 is 0 Å². The molecular formula is C9H16N4O2S.